The van der Waals surface area contributed by atoms with Crippen LogP contribution in [0.25, 0.3) is 0 Å². The summed E-state index contributed by atoms with van der Waals surface area (Å²) >= 11 is 0. The Kier molecular flexibility index (Phi) is 3.92. The number of rotatable bonds is 3. The van der Waals surface area contributed by atoms with Crippen LogP contribution in [-0.2, 0) is 9.53 Å². The molecule has 0 unspecified atom stereocenters. The molecule has 0 aromatic rings. The number of carbonyl (C=O) groups is 1. The van der Waals surface area contributed by atoms with Crippen molar-refractivity contribution in [3.8, 4) is 0 Å². The first-order valence-electron chi connectivity index (χ1n) is 4.44. The van der Waals surface area contributed by atoms with E-state index in [1.54, 1.807) is 7.05 Å². The van der Waals surface area contributed by atoms with E-state index in [9.17, 15) is 4.79 Å². The maximum atomic E-state index is 11.1. The predicted molar refractivity (Wildman–Crippen MR) is 50.5 cm³/mol. The van der Waals surface area contributed by atoms with E-state index in [0.29, 0.717) is 12.1 Å². The molecule has 0 aliphatic carbocycles. The van der Waals surface area contributed by atoms with Crippen LogP contribution < -0.4 is 5.32 Å². The number of ether oxygens (including phenoxy) is 1. The van der Waals surface area contributed by atoms with Crippen LogP contribution in [0.3, 0.4) is 0 Å². The van der Waals surface area contributed by atoms with Crippen molar-refractivity contribution in [3.63, 3.8) is 0 Å². The van der Waals surface area contributed by atoms with E-state index in [0.717, 1.165) is 26.3 Å². The molecule has 0 aromatic carbocycles. The molecule has 1 N–H and O–H groups in total. The number of carbonyl (C=O) groups excluding carboxylic acids is 1. The van der Waals surface area contributed by atoms with Crippen LogP contribution in [0.2, 0.25) is 0 Å². The Labute approximate surface area is 78.5 Å². The molecule has 1 fully saturated rings. The van der Waals surface area contributed by atoms with E-state index < -0.39 is 0 Å². The molecular formula is C9H16N2O2. The molecule has 1 rings (SSSR count). The average Bonchev–Trinajstić information content (AvgIpc) is 2.18. The number of hydrogen-bond donors (Lipinski definition) is 1. The molecule has 1 amide bonds. The highest BCUT2D eigenvalue weighted by Gasteiger charge is 2.13. The molecule has 0 spiro atoms. The van der Waals surface area contributed by atoms with Gasteiger partial charge in [0.15, 0.2) is 0 Å². The Morgan fingerprint density at radius 3 is 2.69 bits per heavy atom. The lowest BCUT2D eigenvalue weighted by Gasteiger charge is -2.26. The van der Waals surface area contributed by atoms with E-state index in [4.69, 9.17) is 4.74 Å². The first kappa shape index (κ1) is 10.2. The molecule has 4 heteroatoms. The van der Waals surface area contributed by atoms with Gasteiger partial charge in [-0.1, -0.05) is 6.58 Å². The SMILES string of the molecule is C=C(CN1CCOCC1)C(=O)NC. The minimum Gasteiger partial charge on any atom is -0.379 e. The van der Waals surface area contributed by atoms with Gasteiger partial charge in [0.25, 0.3) is 0 Å². The molecule has 13 heavy (non-hydrogen) atoms. The Hall–Kier alpha value is -0.870. The van der Waals surface area contributed by atoms with Crippen LogP contribution in [0.4, 0.5) is 0 Å². The van der Waals surface area contributed by atoms with Crippen molar-refractivity contribution < 1.29 is 9.53 Å². The molecule has 1 aliphatic heterocycles. The van der Waals surface area contributed by atoms with Gasteiger partial charge in [-0.25, -0.2) is 0 Å². The van der Waals surface area contributed by atoms with Gasteiger partial charge >= 0.3 is 0 Å². The monoisotopic (exact) mass is 184 g/mol. The van der Waals surface area contributed by atoms with E-state index in [1.165, 1.54) is 0 Å². The highest BCUT2D eigenvalue weighted by molar-refractivity contribution is 5.92. The summed E-state index contributed by atoms with van der Waals surface area (Å²) in [4.78, 5) is 13.3. The molecule has 0 bridgehead atoms. The number of likely N-dealkylation sites (N-methyl/N-ethyl adjacent to an activating group) is 1. The van der Waals surface area contributed by atoms with Crippen molar-refractivity contribution >= 4 is 5.91 Å². The summed E-state index contributed by atoms with van der Waals surface area (Å²) in [6.07, 6.45) is 0. The second-order valence-electron chi connectivity index (χ2n) is 3.07. The minimum absolute atomic E-state index is 0.0773. The largest absolute Gasteiger partial charge is 0.379 e. The molecule has 0 aromatic heterocycles. The number of morpholine rings is 1. The number of nitrogens with zero attached hydrogens (tertiary/aromatic N) is 1. The first-order valence-corrected chi connectivity index (χ1v) is 4.44. The second-order valence-corrected chi connectivity index (χ2v) is 3.07. The third kappa shape index (κ3) is 3.16. The van der Waals surface area contributed by atoms with Crippen LogP contribution in [0.5, 0.6) is 0 Å². The maximum Gasteiger partial charge on any atom is 0.247 e. The summed E-state index contributed by atoms with van der Waals surface area (Å²) in [5, 5.41) is 2.56. The molecule has 0 saturated carbocycles. The molecule has 0 radical (unpaired) electrons. The van der Waals surface area contributed by atoms with Crippen LogP contribution in [0, 0.1) is 0 Å². The molecule has 0 atom stereocenters. The zero-order valence-corrected chi connectivity index (χ0v) is 8.01. The van der Waals surface area contributed by atoms with E-state index >= 15 is 0 Å². The van der Waals surface area contributed by atoms with Crippen molar-refractivity contribution in [2.45, 2.75) is 0 Å². The van der Waals surface area contributed by atoms with Gasteiger partial charge in [0.05, 0.1) is 13.2 Å². The minimum atomic E-state index is -0.0773. The van der Waals surface area contributed by atoms with Crippen molar-refractivity contribution in [2.75, 3.05) is 39.9 Å². The van der Waals surface area contributed by atoms with Crippen LogP contribution in [0.1, 0.15) is 0 Å². The van der Waals surface area contributed by atoms with Gasteiger partial charge in [-0.2, -0.15) is 0 Å². The lowest BCUT2D eigenvalue weighted by Crippen LogP contribution is -2.39. The summed E-state index contributed by atoms with van der Waals surface area (Å²) in [5.74, 6) is -0.0773. The molecule has 74 valence electrons. The zero-order chi connectivity index (χ0) is 9.68. The lowest BCUT2D eigenvalue weighted by atomic mass is 10.2. The Bertz CT molecular complexity index is 198. The molecule has 1 saturated heterocycles. The van der Waals surface area contributed by atoms with Gasteiger partial charge in [-0.05, 0) is 0 Å². The van der Waals surface area contributed by atoms with Gasteiger partial charge in [0.2, 0.25) is 5.91 Å². The van der Waals surface area contributed by atoms with Gasteiger partial charge in [0, 0.05) is 32.3 Å². The maximum absolute atomic E-state index is 11.1. The molecule has 4 nitrogen and oxygen atoms in total. The molecule has 1 aliphatic rings. The number of nitrogens with one attached hydrogen (secondary N) is 1. The van der Waals surface area contributed by atoms with E-state index in [-0.39, 0.29) is 5.91 Å². The summed E-state index contributed by atoms with van der Waals surface area (Å²) in [6, 6.07) is 0. The molecular weight excluding hydrogens is 168 g/mol. The number of hydrogen-bond acceptors (Lipinski definition) is 3. The van der Waals surface area contributed by atoms with Crippen LogP contribution >= 0.6 is 0 Å². The van der Waals surface area contributed by atoms with Crippen molar-refractivity contribution in [3.05, 3.63) is 12.2 Å². The van der Waals surface area contributed by atoms with Crippen LogP contribution in [0.15, 0.2) is 12.2 Å². The number of amides is 1. The topological polar surface area (TPSA) is 41.6 Å². The summed E-state index contributed by atoms with van der Waals surface area (Å²) in [7, 11) is 1.62. The molecule has 1 heterocycles. The lowest BCUT2D eigenvalue weighted by molar-refractivity contribution is -0.117. The van der Waals surface area contributed by atoms with Crippen LogP contribution in [-0.4, -0.2) is 50.7 Å². The quantitative estimate of drug-likeness (QED) is 0.608. The Morgan fingerprint density at radius 1 is 1.54 bits per heavy atom. The van der Waals surface area contributed by atoms with Crippen molar-refractivity contribution in [2.24, 2.45) is 0 Å². The zero-order valence-electron chi connectivity index (χ0n) is 8.01. The van der Waals surface area contributed by atoms with Crippen molar-refractivity contribution in [1.82, 2.24) is 10.2 Å². The second kappa shape index (κ2) is 4.99. The fraction of sp³-hybridized carbons (Fsp3) is 0.667. The van der Waals surface area contributed by atoms with Gasteiger partial charge in [-0.3, -0.25) is 9.69 Å². The summed E-state index contributed by atoms with van der Waals surface area (Å²) < 4.78 is 5.20. The summed E-state index contributed by atoms with van der Waals surface area (Å²) in [6.45, 7) is 7.64. The normalized spacial score (nSPS) is 18.2. The Morgan fingerprint density at radius 2 is 2.15 bits per heavy atom. The van der Waals surface area contributed by atoms with Gasteiger partial charge in [-0.15, -0.1) is 0 Å². The van der Waals surface area contributed by atoms with Gasteiger partial charge in [0.1, 0.15) is 0 Å². The smallest absolute Gasteiger partial charge is 0.247 e. The van der Waals surface area contributed by atoms with E-state index in [2.05, 4.69) is 16.8 Å². The first-order chi connectivity index (χ1) is 6.24. The third-order valence-corrected chi connectivity index (χ3v) is 2.07. The third-order valence-electron chi connectivity index (χ3n) is 2.07. The highest BCUT2D eigenvalue weighted by Crippen LogP contribution is 2.00. The Balaban J connectivity index is 2.30. The standard InChI is InChI=1S/C9H16N2O2/c1-8(9(12)10-2)7-11-3-5-13-6-4-11/h1,3-7H2,2H3,(H,10,12). The van der Waals surface area contributed by atoms with E-state index in [1.807, 2.05) is 0 Å². The highest BCUT2D eigenvalue weighted by atomic mass is 16.5. The fourth-order valence-corrected chi connectivity index (χ4v) is 1.28. The summed E-state index contributed by atoms with van der Waals surface area (Å²) in [5.41, 5.74) is 0.615. The predicted octanol–water partition coefficient (Wildman–Crippen LogP) is -0.379. The fourth-order valence-electron chi connectivity index (χ4n) is 1.28. The average molecular weight is 184 g/mol. The van der Waals surface area contributed by atoms with Crippen molar-refractivity contribution in [1.29, 1.82) is 0 Å². The van der Waals surface area contributed by atoms with Gasteiger partial charge < -0.3 is 10.1 Å².